The van der Waals surface area contributed by atoms with Gasteiger partial charge < -0.3 is 14.8 Å². The summed E-state index contributed by atoms with van der Waals surface area (Å²) < 4.78 is 11.1. The number of ether oxygens (including phenoxy) is 2. The highest BCUT2D eigenvalue weighted by molar-refractivity contribution is 5.75. The van der Waals surface area contributed by atoms with E-state index in [0.29, 0.717) is 19.8 Å². The fourth-order valence-electron chi connectivity index (χ4n) is 2.43. The summed E-state index contributed by atoms with van der Waals surface area (Å²) in [6.45, 7) is 1.86. The highest BCUT2D eigenvalue weighted by Gasteiger charge is 2.11. The molecule has 22 heavy (non-hydrogen) atoms. The molecule has 110 valence electrons. The molecular weight excluding hydrogens is 278 g/mol. The highest BCUT2D eigenvalue weighted by atomic mass is 16.6. The molecule has 0 fully saturated rings. The van der Waals surface area contributed by atoms with Gasteiger partial charge in [0.05, 0.1) is 17.2 Å². The number of nitrogens with zero attached hydrogens (tertiary/aromatic N) is 2. The van der Waals surface area contributed by atoms with Crippen molar-refractivity contribution in [2.24, 2.45) is 0 Å². The van der Waals surface area contributed by atoms with Gasteiger partial charge in [0.15, 0.2) is 11.5 Å². The van der Waals surface area contributed by atoms with Crippen LogP contribution in [0.3, 0.4) is 0 Å². The number of anilines is 1. The Morgan fingerprint density at radius 1 is 0.955 bits per heavy atom. The first-order valence-corrected chi connectivity index (χ1v) is 7.23. The van der Waals surface area contributed by atoms with Crippen molar-refractivity contribution >= 4 is 16.9 Å². The third-order valence-corrected chi connectivity index (χ3v) is 3.53. The van der Waals surface area contributed by atoms with E-state index in [1.807, 2.05) is 42.5 Å². The van der Waals surface area contributed by atoms with E-state index < -0.39 is 0 Å². The van der Waals surface area contributed by atoms with Crippen molar-refractivity contribution in [2.45, 2.75) is 6.54 Å². The summed E-state index contributed by atoms with van der Waals surface area (Å²) in [4.78, 5) is 8.94. The smallest absolute Gasteiger partial charge is 0.161 e. The molecule has 0 aliphatic carbocycles. The van der Waals surface area contributed by atoms with Gasteiger partial charge in [-0.1, -0.05) is 18.2 Å². The number of para-hydroxylation sites is 2. The monoisotopic (exact) mass is 293 g/mol. The fourth-order valence-corrected chi connectivity index (χ4v) is 2.43. The second-order valence-electron chi connectivity index (χ2n) is 5.08. The minimum atomic E-state index is 0.597. The molecule has 1 N–H and O–H groups in total. The van der Waals surface area contributed by atoms with Crippen LogP contribution in [0.4, 0.5) is 5.82 Å². The van der Waals surface area contributed by atoms with Crippen LogP contribution >= 0.6 is 0 Å². The summed E-state index contributed by atoms with van der Waals surface area (Å²) in [6.07, 6.45) is 1.75. The molecule has 0 bridgehead atoms. The molecular formula is C17H15N3O2. The second kappa shape index (κ2) is 5.52. The molecule has 0 saturated carbocycles. The Morgan fingerprint density at radius 2 is 1.77 bits per heavy atom. The maximum atomic E-state index is 5.59. The molecule has 4 rings (SSSR count). The molecule has 1 aliphatic rings. The molecule has 5 heteroatoms. The molecule has 0 spiro atoms. The zero-order valence-corrected chi connectivity index (χ0v) is 12.0. The van der Waals surface area contributed by atoms with E-state index in [1.54, 1.807) is 6.20 Å². The van der Waals surface area contributed by atoms with Gasteiger partial charge in [0, 0.05) is 6.54 Å². The largest absolute Gasteiger partial charge is 0.486 e. The summed E-state index contributed by atoms with van der Waals surface area (Å²) in [6, 6.07) is 13.8. The molecule has 2 heterocycles. The zero-order valence-electron chi connectivity index (χ0n) is 12.0. The van der Waals surface area contributed by atoms with Gasteiger partial charge in [-0.25, -0.2) is 4.98 Å². The molecule has 1 aliphatic heterocycles. The van der Waals surface area contributed by atoms with Gasteiger partial charge in [-0.3, -0.25) is 4.98 Å². The third-order valence-electron chi connectivity index (χ3n) is 3.53. The Morgan fingerprint density at radius 3 is 2.68 bits per heavy atom. The maximum Gasteiger partial charge on any atom is 0.161 e. The van der Waals surface area contributed by atoms with Crippen LogP contribution in [0, 0.1) is 0 Å². The molecule has 3 aromatic rings. The van der Waals surface area contributed by atoms with Crippen molar-refractivity contribution in [3.63, 3.8) is 0 Å². The average Bonchev–Trinajstić information content (AvgIpc) is 2.59. The first-order chi connectivity index (χ1) is 10.9. The van der Waals surface area contributed by atoms with Crippen LogP contribution in [-0.2, 0) is 6.54 Å². The van der Waals surface area contributed by atoms with Crippen LogP contribution < -0.4 is 14.8 Å². The number of hydrogen-bond donors (Lipinski definition) is 1. The van der Waals surface area contributed by atoms with E-state index in [-0.39, 0.29) is 0 Å². The van der Waals surface area contributed by atoms with Crippen LogP contribution in [0.2, 0.25) is 0 Å². The van der Waals surface area contributed by atoms with Crippen molar-refractivity contribution < 1.29 is 9.47 Å². The first kappa shape index (κ1) is 12.9. The standard InChI is InChI=1S/C17H15N3O2/c1-2-4-14-13(3-1)18-11-17(20-14)19-10-12-5-6-15-16(9-12)22-8-7-21-15/h1-6,9,11H,7-8,10H2,(H,19,20). The lowest BCUT2D eigenvalue weighted by molar-refractivity contribution is 0.171. The van der Waals surface area contributed by atoms with Gasteiger partial charge in [0.1, 0.15) is 19.0 Å². The summed E-state index contributed by atoms with van der Waals surface area (Å²) in [7, 11) is 0. The SMILES string of the molecule is c1ccc2nc(NCc3ccc4c(c3)OCCO4)cnc2c1. The molecule has 0 atom stereocenters. The Kier molecular flexibility index (Phi) is 3.23. The van der Waals surface area contributed by atoms with E-state index in [9.17, 15) is 0 Å². The number of benzene rings is 2. The molecule has 5 nitrogen and oxygen atoms in total. The maximum absolute atomic E-state index is 5.59. The predicted molar refractivity (Wildman–Crippen MR) is 84.3 cm³/mol. The van der Waals surface area contributed by atoms with E-state index in [1.165, 1.54) is 0 Å². The van der Waals surface area contributed by atoms with Gasteiger partial charge in [-0.2, -0.15) is 0 Å². The number of hydrogen-bond acceptors (Lipinski definition) is 5. The summed E-state index contributed by atoms with van der Waals surface area (Å²) in [5.74, 6) is 2.37. The lowest BCUT2D eigenvalue weighted by Crippen LogP contribution is -2.15. The lowest BCUT2D eigenvalue weighted by Gasteiger charge is -2.19. The first-order valence-electron chi connectivity index (χ1n) is 7.23. The Labute approximate surface area is 127 Å². The molecule has 0 unspecified atom stereocenters. The van der Waals surface area contributed by atoms with Crippen LogP contribution in [0.1, 0.15) is 5.56 Å². The number of nitrogens with one attached hydrogen (secondary N) is 1. The van der Waals surface area contributed by atoms with Crippen LogP contribution in [-0.4, -0.2) is 23.2 Å². The zero-order chi connectivity index (χ0) is 14.8. The van der Waals surface area contributed by atoms with Crippen molar-refractivity contribution in [1.82, 2.24) is 9.97 Å². The van der Waals surface area contributed by atoms with Crippen molar-refractivity contribution in [3.8, 4) is 11.5 Å². The van der Waals surface area contributed by atoms with E-state index >= 15 is 0 Å². The third kappa shape index (κ3) is 2.53. The van der Waals surface area contributed by atoms with Gasteiger partial charge >= 0.3 is 0 Å². The van der Waals surface area contributed by atoms with Gasteiger partial charge in [0.2, 0.25) is 0 Å². The average molecular weight is 293 g/mol. The quantitative estimate of drug-likeness (QED) is 0.804. The minimum absolute atomic E-state index is 0.597. The highest BCUT2D eigenvalue weighted by Crippen LogP contribution is 2.30. The number of fused-ring (bicyclic) bond motifs is 2. The fraction of sp³-hybridized carbons (Fsp3) is 0.176. The van der Waals surface area contributed by atoms with Crippen molar-refractivity contribution in [1.29, 1.82) is 0 Å². The number of aromatic nitrogens is 2. The predicted octanol–water partition coefficient (Wildman–Crippen LogP) is 3.01. The van der Waals surface area contributed by atoms with Crippen molar-refractivity contribution in [2.75, 3.05) is 18.5 Å². The molecule has 2 aromatic carbocycles. The minimum Gasteiger partial charge on any atom is -0.486 e. The van der Waals surface area contributed by atoms with Gasteiger partial charge in [0.25, 0.3) is 0 Å². The van der Waals surface area contributed by atoms with E-state index in [2.05, 4.69) is 15.3 Å². The summed E-state index contributed by atoms with van der Waals surface area (Å²) >= 11 is 0. The second-order valence-corrected chi connectivity index (χ2v) is 5.08. The Balaban J connectivity index is 1.51. The van der Waals surface area contributed by atoms with Crippen molar-refractivity contribution in [3.05, 3.63) is 54.2 Å². The van der Waals surface area contributed by atoms with Crippen LogP contribution in [0.15, 0.2) is 48.7 Å². The van der Waals surface area contributed by atoms with Gasteiger partial charge in [-0.05, 0) is 29.8 Å². The van der Waals surface area contributed by atoms with E-state index in [0.717, 1.165) is 33.9 Å². The van der Waals surface area contributed by atoms with Gasteiger partial charge in [-0.15, -0.1) is 0 Å². The number of rotatable bonds is 3. The normalized spacial score (nSPS) is 13.1. The summed E-state index contributed by atoms with van der Waals surface area (Å²) in [5.41, 5.74) is 2.89. The Hall–Kier alpha value is -2.82. The molecule has 1 aromatic heterocycles. The molecule has 0 radical (unpaired) electrons. The molecule has 0 saturated heterocycles. The lowest BCUT2D eigenvalue weighted by atomic mass is 10.2. The van der Waals surface area contributed by atoms with Crippen LogP contribution in [0.25, 0.3) is 11.0 Å². The topological polar surface area (TPSA) is 56.3 Å². The van der Waals surface area contributed by atoms with E-state index in [4.69, 9.17) is 9.47 Å². The van der Waals surface area contributed by atoms with Crippen LogP contribution in [0.5, 0.6) is 11.5 Å². The Bertz CT molecular complexity index is 820. The summed E-state index contributed by atoms with van der Waals surface area (Å²) in [5, 5.41) is 3.29. The molecule has 0 amide bonds.